The zero-order valence-corrected chi connectivity index (χ0v) is 15.9. The zero-order valence-electron chi connectivity index (χ0n) is 15.9. The fourth-order valence-corrected chi connectivity index (χ4v) is 2.64. The molecule has 3 aromatic rings. The topological polar surface area (TPSA) is 70.2 Å². The van der Waals surface area contributed by atoms with Crippen molar-refractivity contribution in [2.45, 2.75) is 13.8 Å². The van der Waals surface area contributed by atoms with Crippen LogP contribution >= 0.6 is 0 Å². The lowest BCUT2D eigenvalue weighted by molar-refractivity contribution is 0.102. The molecule has 138 valence electrons. The molecule has 2 aromatic carbocycles. The number of aryl methyl sites for hydroxylation is 2. The Hall–Kier alpha value is -3.41. The first kappa shape index (κ1) is 18.4. The lowest BCUT2D eigenvalue weighted by atomic mass is 10.2. The second kappa shape index (κ2) is 7.86. The molecule has 3 rings (SSSR count). The number of carbonyl (C=O) groups excluding carboxylic acids is 1. The number of carbonyl (C=O) groups is 1. The van der Waals surface area contributed by atoms with Gasteiger partial charge in [0.2, 0.25) is 0 Å². The van der Waals surface area contributed by atoms with E-state index < -0.39 is 0 Å². The van der Waals surface area contributed by atoms with Crippen LogP contribution in [-0.4, -0.2) is 30.0 Å². The van der Waals surface area contributed by atoms with E-state index in [0.29, 0.717) is 17.3 Å². The van der Waals surface area contributed by atoms with Gasteiger partial charge in [0.25, 0.3) is 5.91 Å². The third-order valence-corrected chi connectivity index (χ3v) is 4.12. The van der Waals surface area contributed by atoms with E-state index >= 15 is 0 Å². The monoisotopic (exact) mass is 361 g/mol. The zero-order chi connectivity index (χ0) is 19.4. The Labute approximate surface area is 159 Å². The van der Waals surface area contributed by atoms with Gasteiger partial charge in [0.15, 0.2) is 0 Å². The summed E-state index contributed by atoms with van der Waals surface area (Å²) < 4.78 is 0. The number of rotatable bonds is 5. The second-order valence-corrected chi connectivity index (χ2v) is 6.52. The van der Waals surface area contributed by atoms with Gasteiger partial charge in [-0.1, -0.05) is 18.2 Å². The van der Waals surface area contributed by atoms with Crippen LogP contribution in [0.1, 0.15) is 21.9 Å². The molecule has 27 heavy (non-hydrogen) atoms. The summed E-state index contributed by atoms with van der Waals surface area (Å²) in [6, 6.07) is 17.2. The summed E-state index contributed by atoms with van der Waals surface area (Å²) in [7, 11) is 3.94. The molecule has 0 saturated carbocycles. The summed E-state index contributed by atoms with van der Waals surface area (Å²) in [6.07, 6.45) is 0. The minimum Gasteiger partial charge on any atom is -0.378 e. The molecule has 0 fully saturated rings. The van der Waals surface area contributed by atoms with Crippen LogP contribution in [0.4, 0.5) is 22.9 Å². The van der Waals surface area contributed by atoms with Gasteiger partial charge in [0, 0.05) is 37.2 Å². The van der Waals surface area contributed by atoms with Crippen LogP contribution in [0, 0.1) is 13.8 Å². The molecular formula is C21H23N5O. The predicted molar refractivity (Wildman–Crippen MR) is 110 cm³/mol. The lowest BCUT2D eigenvalue weighted by Crippen LogP contribution is -2.15. The van der Waals surface area contributed by atoms with E-state index in [1.807, 2.05) is 74.4 Å². The van der Waals surface area contributed by atoms with Gasteiger partial charge in [-0.05, 0) is 49.7 Å². The molecule has 0 atom stereocenters. The highest BCUT2D eigenvalue weighted by Gasteiger charge is 2.12. The Bertz CT molecular complexity index is 951. The standard InChI is InChI=1S/C21H23N5O/c1-14-7-5-6-8-18(14)25-20-13-19(22-15(2)23-20)21(27)24-16-9-11-17(12-10-16)26(3)4/h5-13H,1-4H3,(H,24,27)(H,22,23,25). The third-order valence-electron chi connectivity index (χ3n) is 4.12. The molecule has 1 heterocycles. The van der Waals surface area contributed by atoms with Crippen LogP contribution in [-0.2, 0) is 0 Å². The van der Waals surface area contributed by atoms with E-state index in [1.165, 1.54) is 0 Å². The summed E-state index contributed by atoms with van der Waals surface area (Å²) in [5.41, 5.74) is 4.14. The fourth-order valence-electron chi connectivity index (χ4n) is 2.64. The first-order valence-electron chi connectivity index (χ1n) is 8.69. The largest absolute Gasteiger partial charge is 0.378 e. The Balaban J connectivity index is 1.78. The maximum absolute atomic E-state index is 12.6. The minimum atomic E-state index is -0.272. The van der Waals surface area contributed by atoms with Crippen molar-refractivity contribution in [2.75, 3.05) is 29.6 Å². The van der Waals surface area contributed by atoms with Gasteiger partial charge < -0.3 is 15.5 Å². The maximum Gasteiger partial charge on any atom is 0.274 e. The Morgan fingerprint density at radius 3 is 2.33 bits per heavy atom. The van der Waals surface area contributed by atoms with Gasteiger partial charge >= 0.3 is 0 Å². The van der Waals surface area contributed by atoms with E-state index in [4.69, 9.17) is 0 Å². The van der Waals surface area contributed by atoms with Crippen LogP contribution in [0.3, 0.4) is 0 Å². The molecule has 0 aliphatic carbocycles. The van der Waals surface area contributed by atoms with Gasteiger partial charge in [-0.25, -0.2) is 9.97 Å². The molecule has 6 heteroatoms. The second-order valence-electron chi connectivity index (χ2n) is 6.52. The summed E-state index contributed by atoms with van der Waals surface area (Å²) in [6.45, 7) is 3.78. The van der Waals surface area contributed by atoms with E-state index in [1.54, 1.807) is 13.0 Å². The van der Waals surface area contributed by atoms with Crippen LogP contribution in [0.15, 0.2) is 54.6 Å². The van der Waals surface area contributed by atoms with Crippen molar-refractivity contribution >= 4 is 28.8 Å². The van der Waals surface area contributed by atoms with Crippen LogP contribution in [0.2, 0.25) is 0 Å². The number of para-hydroxylation sites is 1. The number of nitrogens with one attached hydrogen (secondary N) is 2. The van der Waals surface area contributed by atoms with E-state index in [0.717, 1.165) is 22.6 Å². The van der Waals surface area contributed by atoms with E-state index in [-0.39, 0.29) is 5.91 Å². The van der Waals surface area contributed by atoms with E-state index in [2.05, 4.69) is 20.6 Å². The number of nitrogens with zero attached hydrogens (tertiary/aromatic N) is 3. The Kier molecular flexibility index (Phi) is 5.35. The van der Waals surface area contributed by atoms with Crippen LogP contribution in [0.25, 0.3) is 0 Å². The first-order valence-corrected chi connectivity index (χ1v) is 8.69. The first-order chi connectivity index (χ1) is 12.9. The number of hydrogen-bond acceptors (Lipinski definition) is 5. The van der Waals surface area contributed by atoms with Crippen molar-refractivity contribution in [1.29, 1.82) is 0 Å². The van der Waals surface area contributed by atoms with Gasteiger partial charge in [0.1, 0.15) is 17.3 Å². The molecule has 0 spiro atoms. The fraction of sp³-hybridized carbons (Fsp3) is 0.190. The molecule has 1 amide bonds. The van der Waals surface area contributed by atoms with Crippen molar-refractivity contribution in [3.05, 3.63) is 71.7 Å². The molecule has 0 unspecified atom stereocenters. The van der Waals surface area contributed by atoms with Gasteiger partial charge in [-0.15, -0.1) is 0 Å². The number of benzene rings is 2. The highest BCUT2D eigenvalue weighted by molar-refractivity contribution is 6.03. The van der Waals surface area contributed by atoms with Gasteiger partial charge in [0.05, 0.1) is 0 Å². The van der Waals surface area contributed by atoms with Crippen molar-refractivity contribution in [2.24, 2.45) is 0 Å². The lowest BCUT2D eigenvalue weighted by Gasteiger charge is -2.13. The summed E-state index contributed by atoms with van der Waals surface area (Å²) >= 11 is 0. The highest BCUT2D eigenvalue weighted by Crippen LogP contribution is 2.20. The maximum atomic E-state index is 12.6. The normalized spacial score (nSPS) is 10.4. The molecule has 1 aromatic heterocycles. The number of anilines is 4. The van der Waals surface area contributed by atoms with Gasteiger partial charge in [-0.3, -0.25) is 4.79 Å². The number of amides is 1. The highest BCUT2D eigenvalue weighted by atomic mass is 16.1. The molecule has 0 bridgehead atoms. The molecule has 0 radical (unpaired) electrons. The molecule has 0 aliphatic heterocycles. The predicted octanol–water partition coefficient (Wildman–Crippen LogP) is 4.16. The van der Waals surface area contributed by atoms with E-state index in [9.17, 15) is 4.79 Å². The molecule has 0 aliphatic rings. The van der Waals surface area contributed by atoms with Crippen molar-refractivity contribution in [3.8, 4) is 0 Å². The third kappa shape index (κ3) is 4.61. The summed E-state index contributed by atoms with van der Waals surface area (Å²) in [5, 5.41) is 6.13. The molecule has 6 nitrogen and oxygen atoms in total. The molecule has 2 N–H and O–H groups in total. The molecular weight excluding hydrogens is 338 g/mol. The smallest absolute Gasteiger partial charge is 0.274 e. The van der Waals surface area contributed by atoms with Gasteiger partial charge in [-0.2, -0.15) is 0 Å². The Morgan fingerprint density at radius 1 is 0.963 bits per heavy atom. The van der Waals surface area contributed by atoms with Crippen molar-refractivity contribution in [1.82, 2.24) is 9.97 Å². The summed E-state index contributed by atoms with van der Waals surface area (Å²) in [5.74, 6) is 0.845. The van der Waals surface area contributed by atoms with Crippen molar-refractivity contribution in [3.63, 3.8) is 0 Å². The number of hydrogen-bond donors (Lipinski definition) is 2. The van der Waals surface area contributed by atoms with Crippen LogP contribution < -0.4 is 15.5 Å². The SMILES string of the molecule is Cc1nc(Nc2ccccc2C)cc(C(=O)Nc2ccc(N(C)C)cc2)n1. The minimum absolute atomic E-state index is 0.272. The quantitative estimate of drug-likeness (QED) is 0.714. The van der Waals surface area contributed by atoms with Crippen LogP contribution in [0.5, 0.6) is 0 Å². The average molecular weight is 361 g/mol. The van der Waals surface area contributed by atoms with Crippen molar-refractivity contribution < 1.29 is 4.79 Å². The average Bonchev–Trinajstić information content (AvgIpc) is 2.63. The molecule has 0 saturated heterocycles. The number of aromatic nitrogens is 2. The Morgan fingerprint density at radius 2 is 1.67 bits per heavy atom. The summed E-state index contributed by atoms with van der Waals surface area (Å²) in [4.78, 5) is 23.3.